The molecule has 9 heavy (non-hydrogen) atoms. The van der Waals surface area contributed by atoms with Crippen molar-refractivity contribution in [2.45, 2.75) is 6.92 Å². The van der Waals surface area contributed by atoms with E-state index >= 15 is 0 Å². The van der Waals surface area contributed by atoms with Crippen molar-refractivity contribution < 1.29 is 4.90 Å². The van der Waals surface area contributed by atoms with E-state index in [0.717, 1.165) is 18.8 Å². The second-order valence-electron chi connectivity index (χ2n) is 2.41. The summed E-state index contributed by atoms with van der Waals surface area (Å²) in [5, 5.41) is 7.15. The second kappa shape index (κ2) is 4.27. The van der Waals surface area contributed by atoms with Crippen LogP contribution in [0.4, 0.5) is 0 Å². The molecular formula is C7H15N2+. The zero-order valence-corrected chi connectivity index (χ0v) is 6.20. The van der Waals surface area contributed by atoms with E-state index in [-0.39, 0.29) is 0 Å². The van der Waals surface area contributed by atoms with Crippen LogP contribution in [0.1, 0.15) is 6.92 Å². The minimum absolute atomic E-state index is 0.731. The van der Waals surface area contributed by atoms with Crippen molar-refractivity contribution in [2.24, 2.45) is 0 Å². The molecule has 52 valence electrons. The van der Waals surface area contributed by atoms with Gasteiger partial charge in [0.1, 0.15) is 6.54 Å². The van der Waals surface area contributed by atoms with Crippen molar-refractivity contribution >= 4 is 5.71 Å². The Morgan fingerprint density at radius 3 is 2.67 bits per heavy atom. The van der Waals surface area contributed by atoms with Gasteiger partial charge in [-0.25, -0.2) is 0 Å². The fourth-order valence-electron chi connectivity index (χ4n) is 0.771. The Hall–Kier alpha value is -0.630. The Bertz CT molecular complexity index is 107. The third-order valence-electron chi connectivity index (χ3n) is 1.06. The predicted molar refractivity (Wildman–Crippen MR) is 40.2 cm³/mol. The van der Waals surface area contributed by atoms with Crippen molar-refractivity contribution in [3.8, 4) is 0 Å². The first kappa shape index (κ1) is 8.37. The number of hydrogen-bond donors (Lipinski definition) is 2. The summed E-state index contributed by atoms with van der Waals surface area (Å²) in [6.07, 6.45) is 1.87. The van der Waals surface area contributed by atoms with Gasteiger partial charge >= 0.3 is 0 Å². The van der Waals surface area contributed by atoms with Crippen LogP contribution in [0.2, 0.25) is 0 Å². The Morgan fingerprint density at radius 2 is 2.33 bits per heavy atom. The standard InChI is InChI=1S/C7H14N2/c1-4-5-9(3)6-7(2)8/h4,8H,1,5-6H2,2-3H3/p+1. The van der Waals surface area contributed by atoms with Crippen LogP contribution in [0.15, 0.2) is 12.7 Å². The van der Waals surface area contributed by atoms with E-state index in [2.05, 4.69) is 13.6 Å². The zero-order chi connectivity index (χ0) is 7.28. The molecule has 0 aromatic heterocycles. The second-order valence-corrected chi connectivity index (χ2v) is 2.41. The van der Waals surface area contributed by atoms with E-state index in [1.54, 1.807) is 0 Å². The summed E-state index contributed by atoms with van der Waals surface area (Å²) in [5.41, 5.74) is 0.731. The van der Waals surface area contributed by atoms with Crippen molar-refractivity contribution in [1.82, 2.24) is 0 Å². The quantitative estimate of drug-likeness (QED) is 0.384. The van der Waals surface area contributed by atoms with Crippen LogP contribution in [0.5, 0.6) is 0 Å². The average molecular weight is 127 g/mol. The maximum Gasteiger partial charge on any atom is 0.115 e. The minimum atomic E-state index is 0.731. The Morgan fingerprint density at radius 1 is 1.78 bits per heavy atom. The van der Waals surface area contributed by atoms with Crippen molar-refractivity contribution in [2.75, 3.05) is 20.1 Å². The molecule has 0 saturated carbocycles. The van der Waals surface area contributed by atoms with Crippen LogP contribution in [0, 0.1) is 5.41 Å². The number of rotatable bonds is 4. The zero-order valence-electron chi connectivity index (χ0n) is 6.20. The lowest BCUT2D eigenvalue weighted by molar-refractivity contribution is -0.863. The van der Waals surface area contributed by atoms with E-state index in [0.29, 0.717) is 0 Å². The highest BCUT2D eigenvalue weighted by Gasteiger charge is 1.97. The molecule has 1 atom stereocenters. The molecule has 0 aliphatic rings. The number of likely N-dealkylation sites (N-methyl/N-ethyl adjacent to an activating group) is 1. The molecular weight excluding hydrogens is 112 g/mol. The van der Waals surface area contributed by atoms with Gasteiger partial charge < -0.3 is 10.3 Å². The highest BCUT2D eigenvalue weighted by atomic mass is 15.1. The van der Waals surface area contributed by atoms with Crippen LogP contribution < -0.4 is 4.90 Å². The van der Waals surface area contributed by atoms with Gasteiger partial charge in [-0.1, -0.05) is 6.58 Å². The molecule has 0 radical (unpaired) electrons. The monoisotopic (exact) mass is 127 g/mol. The minimum Gasteiger partial charge on any atom is -0.329 e. The normalized spacial score (nSPS) is 12.7. The van der Waals surface area contributed by atoms with Gasteiger partial charge in [0.25, 0.3) is 0 Å². The lowest BCUT2D eigenvalue weighted by atomic mass is 10.4. The van der Waals surface area contributed by atoms with E-state index in [4.69, 9.17) is 5.41 Å². The molecule has 2 heteroatoms. The molecule has 0 bridgehead atoms. The maximum atomic E-state index is 7.15. The van der Waals surface area contributed by atoms with Gasteiger partial charge in [0.2, 0.25) is 0 Å². The summed E-state index contributed by atoms with van der Waals surface area (Å²) in [4.78, 5) is 1.32. The smallest absolute Gasteiger partial charge is 0.115 e. The summed E-state index contributed by atoms with van der Waals surface area (Å²) in [6, 6.07) is 0. The average Bonchev–Trinajstić information content (AvgIpc) is 1.63. The van der Waals surface area contributed by atoms with E-state index in [1.165, 1.54) is 4.90 Å². The predicted octanol–water partition coefficient (Wildman–Crippen LogP) is -0.273. The summed E-state index contributed by atoms with van der Waals surface area (Å²) in [7, 11) is 2.06. The number of hydrogen-bond acceptors (Lipinski definition) is 1. The topological polar surface area (TPSA) is 28.3 Å². The molecule has 1 unspecified atom stereocenters. The lowest BCUT2D eigenvalue weighted by Gasteiger charge is -2.08. The largest absolute Gasteiger partial charge is 0.329 e. The Labute approximate surface area is 56.7 Å². The van der Waals surface area contributed by atoms with Gasteiger partial charge in [-0.15, -0.1) is 0 Å². The maximum absolute atomic E-state index is 7.15. The summed E-state index contributed by atoms with van der Waals surface area (Å²) >= 11 is 0. The molecule has 0 fully saturated rings. The number of quaternary nitrogens is 1. The van der Waals surface area contributed by atoms with Gasteiger partial charge in [-0.05, 0) is 13.0 Å². The Kier molecular flexibility index (Phi) is 3.97. The highest BCUT2D eigenvalue weighted by molar-refractivity contribution is 5.79. The first-order valence-electron chi connectivity index (χ1n) is 3.13. The fourth-order valence-corrected chi connectivity index (χ4v) is 0.771. The third-order valence-corrected chi connectivity index (χ3v) is 1.06. The first-order valence-corrected chi connectivity index (χ1v) is 3.13. The third kappa shape index (κ3) is 5.24. The SMILES string of the molecule is C=CC[NH+](C)CC(C)=N. The van der Waals surface area contributed by atoms with Crippen molar-refractivity contribution in [3.63, 3.8) is 0 Å². The molecule has 0 rings (SSSR count). The summed E-state index contributed by atoms with van der Waals surface area (Å²) < 4.78 is 0. The molecule has 0 heterocycles. The highest BCUT2D eigenvalue weighted by Crippen LogP contribution is 1.58. The van der Waals surface area contributed by atoms with Crippen LogP contribution >= 0.6 is 0 Å². The van der Waals surface area contributed by atoms with Crippen LogP contribution in [-0.4, -0.2) is 25.8 Å². The summed E-state index contributed by atoms with van der Waals surface area (Å²) in [6.45, 7) is 7.21. The first-order chi connectivity index (χ1) is 4.16. The molecule has 0 aliphatic heterocycles. The van der Waals surface area contributed by atoms with Crippen LogP contribution in [0.25, 0.3) is 0 Å². The molecule has 0 saturated heterocycles. The lowest BCUT2D eigenvalue weighted by Crippen LogP contribution is -3.09. The van der Waals surface area contributed by atoms with Crippen LogP contribution in [0.3, 0.4) is 0 Å². The van der Waals surface area contributed by atoms with Gasteiger partial charge in [0, 0.05) is 0 Å². The van der Waals surface area contributed by atoms with Gasteiger partial charge in [0.15, 0.2) is 0 Å². The molecule has 0 amide bonds. The molecule has 2 nitrogen and oxygen atoms in total. The van der Waals surface area contributed by atoms with Gasteiger partial charge in [-0.3, -0.25) is 0 Å². The van der Waals surface area contributed by atoms with Gasteiger partial charge in [-0.2, -0.15) is 0 Å². The fraction of sp³-hybridized carbons (Fsp3) is 0.571. The molecule has 0 aromatic rings. The van der Waals surface area contributed by atoms with Crippen LogP contribution in [-0.2, 0) is 0 Å². The number of nitrogens with one attached hydrogen (secondary N) is 2. The van der Waals surface area contributed by atoms with Crippen molar-refractivity contribution in [1.29, 1.82) is 5.41 Å². The van der Waals surface area contributed by atoms with Gasteiger partial charge in [0.05, 0.1) is 19.3 Å². The van der Waals surface area contributed by atoms with E-state index in [9.17, 15) is 0 Å². The molecule has 0 aliphatic carbocycles. The summed E-state index contributed by atoms with van der Waals surface area (Å²) in [5.74, 6) is 0. The molecule has 0 aromatic carbocycles. The Balaban J connectivity index is 3.37. The van der Waals surface area contributed by atoms with E-state index < -0.39 is 0 Å². The van der Waals surface area contributed by atoms with Crippen molar-refractivity contribution in [3.05, 3.63) is 12.7 Å². The van der Waals surface area contributed by atoms with E-state index in [1.807, 2.05) is 13.0 Å². The molecule has 0 spiro atoms. The molecule has 2 N–H and O–H groups in total.